The van der Waals surface area contributed by atoms with E-state index >= 15 is 0 Å². The van der Waals surface area contributed by atoms with Gasteiger partial charge >= 0.3 is 0 Å². The van der Waals surface area contributed by atoms with E-state index in [2.05, 4.69) is 9.97 Å². The van der Waals surface area contributed by atoms with Gasteiger partial charge in [0.2, 0.25) is 0 Å². The second-order valence-electron chi connectivity index (χ2n) is 3.74. The van der Waals surface area contributed by atoms with Gasteiger partial charge in [-0.15, -0.1) is 0 Å². The summed E-state index contributed by atoms with van der Waals surface area (Å²) >= 11 is 1.31. The van der Waals surface area contributed by atoms with Gasteiger partial charge in [0.15, 0.2) is 0 Å². The first-order valence-electron chi connectivity index (χ1n) is 5.16. The van der Waals surface area contributed by atoms with Gasteiger partial charge in [0.1, 0.15) is 10.6 Å². The van der Waals surface area contributed by atoms with Gasteiger partial charge < -0.3 is 0 Å². The van der Waals surface area contributed by atoms with Crippen LogP contribution in [0.3, 0.4) is 0 Å². The Kier molecular flexibility index (Phi) is 2.26. The third-order valence-corrected chi connectivity index (χ3v) is 3.50. The van der Waals surface area contributed by atoms with Crippen molar-refractivity contribution in [3.8, 4) is 5.82 Å². The molecule has 0 unspecified atom stereocenters. The minimum Gasteiger partial charge on any atom is -0.267 e. The Hall–Kier alpha value is -2.01. The van der Waals surface area contributed by atoms with Crippen LogP contribution in [0.15, 0.2) is 41.5 Å². The molecule has 0 N–H and O–H groups in total. The summed E-state index contributed by atoms with van der Waals surface area (Å²) in [6.45, 7) is 1.96. The largest absolute Gasteiger partial charge is 0.276 e. The summed E-state index contributed by atoms with van der Waals surface area (Å²) in [5, 5.41) is 0.639. The van der Waals surface area contributed by atoms with E-state index in [4.69, 9.17) is 0 Å². The summed E-state index contributed by atoms with van der Waals surface area (Å²) in [5.74, 6) is 0.642. The van der Waals surface area contributed by atoms with Gasteiger partial charge in [-0.25, -0.2) is 13.9 Å². The average molecular weight is 243 g/mol. The predicted molar refractivity (Wildman–Crippen MR) is 67.7 cm³/mol. The monoisotopic (exact) mass is 243 g/mol. The lowest BCUT2D eigenvalue weighted by molar-refractivity contribution is 1.05. The topological polar surface area (TPSA) is 47.8 Å². The molecule has 5 heteroatoms. The maximum atomic E-state index is 12.1. The highest BCUT2D eigenvalue weighted by atomic mass is 32.1. The molecule has 0 radical (unpaired) electrons. The van der Waals surface area contributed by atoms with Crippen molar-refractivity contribution in [3.05, 3.63) is 52.6 Å². The molecule has 0 fully saturated rings. The van der Waals surface area contributed by atoms with E-state index in [-0.39, 0.29) is 5.56 Å². The number of pyridine rings is 2. The summed E-state index contributed by atoms with van der Waals surface area (Å²) in [4.78, 5) is 21.3. The maximum absolute atomic E-state index is 12.1. The molecule has 0 aliphatic carbocycles. The van der Waals surface area contributed by atoms with Gasteiger partial charge in [-0.3, -0.25) is 4.79 Å². The Balaban J connectivity index is 2.27. The van der Waals surface area contributed by atoms with Crippen molar-refractivity contribution in [3.63, 3.8) is 0 Å². The fourth-order valence-electron chi connectivity index (χ4n) is 1.59. The van der Waals surface area contributed by atoms with Crippen LogP contribution in [0.2, 0.25) is 0 Å². The van der Waals surface area contributed by atoms with Crippen LogP contribution in [-0.2, 0) is 0 Å². The molecule has 4 nitrogen and oxygen atoms in total. The molecule has 0 aliphatic rings. The Morgan fingerprint density at radius 2 is 2.12 bits per heavy atom. The Morgan fingerprint density at radius 1 is 1.24 bits per heavy atom. The van der Waals surface area contributed by atoms with Crippen molar-refractivity contribution in [1.29, 1.82) is 0 Å². The van der Waals surface area contributed by atoms with Crippen LogP contribution in [0.4, 0.5) is 0 Å². The zero-order chi connectivity index (χ0) is 11.8. The van der Waals surface area contributed by atoms with Crippen molar-refractivity contribution < 1.29 is 0 Å². The molecule has 0 aromatic carbocycles. The van der Waals surface area contributed by atoms with E-state index in [0.29, 0.717) is 11.2 Å². The summed E-state index contributed by atoms with van der Waals surface area (Å²) in [6, 6.07) is 7.33. The Labute approximate surface area is 101 Å². The number of aromatic nitrogens is 3. The van der Waals surface area contributed by atoms with Crippen LogP contribution in [0, 0.1) is 6.92 Å². The number of rotatable bonds is 1. The fourth-order valence-corrected chi connectivity index (χ4v) is 2.51. The highest BCUT2D eigenvalue weighted by Gasteiger charge is 2.09. The van der Waals surface area contributed by atoms with Crippen LogP contribution in [0.5, 0.6) is 0 Å². The third-order valence-electron chi connectivity index (χ3n) is 2.47. The SMILES string of the molecule is Cc1ccc(-n2sc3ncccc3c2=O)nc1. The lowest BCUT2D eigenvalue weighted by Crippen LogP contribution is -2.11. The Bertz CT molecular complexity index is 727. The van der Waals surface area contributed by atoms with E-state index in [1.807, 2.05) is 19.1 Å². The van der Waals surface area contributed by atoms with Gasteiger partial charge in [0.25, 0.3) is 5.56 Å². The fraction of sp³-hybridized carbons (Fsp3) is 0.0833. The van der Waals surface area contributed by atoms with Crippen LogP contribution in [-0.4, -0.2) is 13.9 Å². The van der Waals surface area contributed by atoms with Crippen molar-refractivity contribution in [2.45, 2.75) is 6.92 Å². The molecule has 17 heavy (non-hydrogen) atoms. The van der Waals surface area contributed by atoms with E-state index in [1.165, 1.54) is 11.5 Å². The molecule has 3 heterocycles. The molecule has 0 spiro atoms. The van der Waals surface area contributed by atoms with Crippen molar-refractivity contribution in [2.24, 2.45) is 0 Å². The molecule has 0 saturated heterocycles. The number of fused-ring (bicyclic) bond motifs is 1. The zero-order valence-corrected chi connectivity index (χ0v) is 9.94. The van der Waals surface area contributed by atoms with Crippen LogP contribution in [0.1, 0.15) is 5.56 Å². The lowest BCUT2D eigenvalue weighted by Gasteiger charge is -1.98. The smallest absolute Gasteiger partial charge is 0.267 e. The second kappa shape index (κ2) is 3.78. The zero-order valence-electron chi connectivity index (χ0n) is 9.12. The highest BCUT2D eigenvalue weighted by molar-refractivity contribution is 7.13. The molecule has 0 aliphatic heterocycles. The molecule has 0 bridgehead atoms. The van der Waals surface area contributed by atoms with E-state index in [1.54, 1.807) is 28.5 Å². The summed E-state index contributed by atoms with van der Waals surface area (Å²) in [5.41, 5.74) is 1.01. The molecule has 84 valence electrons. The third kappa shape index (κ3) is 1.64. The molecular weight excluding hydrogens is 234 g/mol. The molecule has 3 rings (SSSR count). The van der Waals surface area contributed by atoms with Gasteiger partial charge in [0.05, 0.1) is 5.39 Å². The number of hydrogen-bond acceptors (Lipinski definition) is 4. The molecule has 3 aromatic heterocycles. The van der Waals surface area contributed by atoms with Gasteiger partial charge in [0, 0.05) is 12.4 Å². The Morgan fingerprint density at radius 3 is 2.82 bits per heavy atom. The molecule has 0 amide bonds. The van der Waals surface area contributed by atoms with E-state index < -0.39 is 0 Å². The van der Waals surface area contributed by atoms with Gasteiger partial charge in [-0.05, 0) is 42.2 Å². The summed E-state index contributed by atoms with van der Waals surface area (Å²) < 4.78 is 1.57. The van der Waals surface area contributed by atoms with Crippen molar-refractivity contribution in [1.82, 2.24) is 13.9 Å². The normalized spacial score (nSPS) is 10.9. The quantitative estimate of drug-likeness (QED) is 0.658. The van der Waals surface area contributed by atoms with Crippen LogP contribution < -0.4 is 5.56 Å². The lowest BCUT2D eigenvalue weighted by atomic mass is 10.3. The molecular formula is C12H9N3OS. The molecule has 0 atom stereocenters. The first-order valence-corrected chi connectivity index (χ1v) is 5.93. The van der Waals surface area contributed by atoms with E-state index in [9.17, 15) is 4.79 Å². The molecule has 0 saturated carbocycles. The first kappa shape index (κ1) is 10.2. The second-order valence-corrected chi connectivity index (χ2v) is 4.68. The number of nitrogens with zero attached hydrogens (tertiary/aromatic N) is 3. The molecule has 3 aromatic rings. The maximum Gasteiger partial charge on any atom is 0.276 e. The van der Waals surface area contributed by atoms with Crippen molar-refractivity contribution >= 4 is 21.7 Å². The minimum atomic E-state index is -0.0607. The minimum absolute atomic E-state index is 0.0607. The average Bonchev–Trinajstić information content (AvgIpc) is 2.69. The standard InChI is InChI=1S/C12H9N3OS/c1-8-4-5-10(14-7-8)15-12(16)9-3-2-6-13-11(9)17-15/h2-7H,1H3. The van der Waals surface area contributed by atoms with Crippen LogP contribution >= 0.6 is 11.5 Å². The van der Waals surface area contributed by atoms with E-state index in [0.717, 1.165) is 10.4 Å². The highest BCUT2D eigenvalue weighted by Crippen LogP contribution is 2.16. The van der Waals surface area contributed by atoms with Gasteiger partial charge in [-0.1, -0.05) is 6.07 Å². The first-order chi connectivity index (χ1) is 8.25. The predicted octanol–water partition coefficient (Wildman–Crippen LogP) is 2.15. The number of hydrogen-bond donors (Lipinski definition) is 0. The summed E-state index contributed by atoms with van der Waals surface area (Å²) in [7, 11) is 0. The number of aryl methyl sites for hydroxylation is 1. The van der Waals surface area contributed by atoms with Gasteiger partial charge in [-0.2, -0.15) is 0 Å². The van der Waals surface area contributed by atoms with Crippen LogP contribution in [0.25, 0.3) is 16.0 Å². The van der Waals surface area contributed by atoms with Crippen molar-refractivity contribution in [2.75, 3.05) is 0 Å². The summed E-state index contributed by atoms with van der Waals surface area (Å²) in [6.07, 6.45) is 3.44.